The van der Waals surface area contributed by atoms with E-state index in [1.165, 1.54) is 4.90 Å². The van der Waals surface area contributed by atoms with E-state index in [0.717, 1.165) is 17.6 Å². The number of rotatable bonds is 7. The van der Waals surface area contributed by atoms with Crippen LogP contribution < -0.4 is 5.32 Å². The first-order chi connectivity index (χ1) is 12.4. The van der Waals surface area contributed by atoms with E-state index < -0.39 is 35.0 Å². The second-order valence-corrected chi connectivity index (χ2v) is 6.15. The second kappa shape index (κ2) is 8.75. The number of carbonyl (C=O) groups excluding carboxylic acids is 2. The van der Waals surface area contributed by atoms with E-state index >= 15 is 0 Å². The molecule has 2 rings (SSSR count). The number of aryl methyl sites for hydroxylation is 1. The predicted octanol–water partition coefficient (Wildman–Crippen LogP) is 3.01. The number of anilines is 1. The predicted molar refractivity (Wildman–Crippen MR) is 90.4 cm³/mol. The lowest BCUT2D eigenvalue weighted by atomic mass is 10.2. The number of benzene rings is 1. The highest BCUT2D eigenvalue weighted by Crippen LogP contribution is 2.20. The minimum absolute atomic E-state index is 0.285. The quantitative estimate of drug-likeness (QED) is 0.743. The maximum Gasteiger partial charge on any atom is 0.267 e. The lowest BCUT2D eigenvalue weighted by Gasteiger charge is -2.21. The third kappa shape index (κ3) is 4.37. The van der Waals surface area contributed by atoms with Gasteiger partial charge in [0.05, 0.1) is 11.4 Å². The van der Waals surface area contributed by atoms with Crippen molar-refractivity contribution < 1.29 is 22.8 Å². The summed E-state index contributed by atoms with van der Waals surface area (Å²) in [4.78, 5) is 26.4. The van der Waals surface area contributed by atoms with Crippen LogP contribution in [0.1, 0.15) is 35.6 Å². The molecule has 1 aromatic heterocycles. The van der Waals surface area contributed by atoms with Crippen LogP contribution in [-0.2, 0) is 11.2 Å². The molecule has 0 spiro atoms. The molecule has 0 aliphatic heterocycles. The highest BCUT2D eigenvalue weighted by Gasteiger charge is 2.24. The van der Waals surface area contributed by atoms with E-state index in [1.807, 2.05) is 13.8 Å². The van der Waals surface area contributed by atoms with Gasteiger partial charge in [-0.15, -0.1) is 5.10 Å². The zero-order chi connectivity index (χ0) is 19.3. The maximum absolute atomic E-state index is 13.7. The molecule has 0 aliphatic rings. The molecular formula is C16H17F3N4O2S. The van der Waals surface area contributed by atoms with E-state index in [1.54, 1.807) is 0 Å². The Balaban J connectivity index is 2.13. The van der Waals surface area contributed by atoms with Gasteiger partial charge in [0.1, 0.15) is 11.4 Å². The number of nitrogens with one attached hydrogen (secondary N) is 1. The zero-order valence-electron chi connectivity index (χ0n) is 14.2. The molecule has 0 aliphatic carbocycles. The SMILES string of the molecule is CCCN(CC(=O)Nc1ccc(F)c(F)c1F)C(=O)c1snnc1CC. The first kappa shape index (κ1) is 19.8. The highest BCUT2D eigenvalue weighted by molar-refractivity contribution is 7.08. The van der Waals surface area contributed by atoms with Crippen LogP contribution in [0.15, 0.2) is 12.1 Å². The van der Waals surface area contributed by atoms with Gasteiger partial charge in [0.2, 0.25) is 5.91 Å². The smallest absolute Gasteiger partial charge is 0.267 e. The Labute approximate surface area is 152 Å². The summed E-state index contributed by atoms with van der Waals surface area (Å²) in [6.45, 7) is 3.58. The van der Waals surface area contributed by atoms with E-state index in [2.05, 4.69) is 14.9 Å². The maximum atomic E-state index is 13.7. The van der Waals surface area contributed by atoms with Gasteiger partial charge in [-0.2, -0.15) is 0 Å². The van der Waals surface area contributed by atoms with Gasteiger partial charge in [-0.05, 0) is 36.5 Å². The largest absolute Gasteiger partial charge is 0.329 e. The Morgan fingerprint density at radius 1 is 1.19 bits per heavy atom. The van der Waals surface area contributed by atoms with Gasteiger partial charge in [0.25, 0.3) is 5.91 Å². The van der Waals surface area contributed by atoms with Crippen molar-refractivity contribution in [2.75, 3.05) is 18.4 Å². The molecule has 0 bridgehead atoms. The lowest BCUT2D eigenvalue weighted by molar-refractivity contribution is -0.116. The number of amides is 2. The summed E-state index contributed by atoms with van der Waals surface area (Å²) in [6, 6.07) is 1.62. The minimum Gasteiger partial charge on any atom is -0.329 e. The number of aromatic nitrogens is 2. The van der Waals surface area contributed by atoms with Gasteiger partial charge in [-0.3, -0.25) is 9.59 Å². The summed E-state index contributed by atoms with van der Waals surface area (Å²) < 4.78 is 43.6. The Morgan fingerprint density at radius 3 is 2.58 bits per heavy atom. The van der Waals surface area contributed by atoms with Crippen LogP contribution in [0.2, 0.25) is 0 Å². The van der Waals surface area contributed by atoms with Gasteiger partial charge < -0.3 is 10.2 Å². The van der Waals surface area contributed by atoms with Crippen molar-refractivity contribution in [3.63, 3.8) is 0 Å². The molecule has 2 amide bonds. The third-order valence-corrected chi connectivity index (χ3v) is 4.27. The zero-order valence-corrected chi connectivity index (χ0v) is 15.0. The lowest BCUT2D eigenvalue weighted by Crippen LogP contribution is -2.38. The molecule has 10 heteroatoms. The summed E-state index contributed by atoms with van der Waals surface area (Å²) in [5.74, 6) is -5.65. The molecule has 1 N–H and O–H groups in total. The Kier molecular flexibility index (Phi) is 6.67. The van der Waals surface area contributed by atoms with Crippen LogP contribution in [0.4, 0.5) is 18.9 Å². The molecule has 0 saturated carbocycles. The van der Waals surface area contributed by atoms with Gasteiger partial charge in [0.15, 0.2) is 17.5 Å². The summed E-state index contributed by atoms with van der Waals surface area (Å²) in [6.07, 6.45) is 1.11. The number of hydrogen-bond acceptors (Lipinski definition) is 5. The second-order valence-electron chi connectivity index (χ2n) is 5.40. The molecule has 1 aromatic carbocycles. The van der Waals surface area contributed by atoms with Gasteiger partial charge in [0, 0.05) is 6.54 Å². The van der Waals surface area contributed by atoms with Crippen LogP contribution in [-0.4, -0.2) is 39.4 Å². The first-order valence-corrected chi connectivity index (χ1v) is 8.70. The molecule has 0 fully saturated rings. The molecule has 0 atom stereocenters. The van der Waals surface area contributed by atoms with E-state index in [0.29, 0.717) is 29.5 Å². The van der Waals surface area contributed by atoms with Crippen LogP contribution in [0.25, 0.3) is 0 Å². The van der Waals surface area contributed by atoms with Crippen molar-refractivity contribution >= 4 is 29.0 Å². The fourth-order valence-corrected chi connectivity index (χ4v) is 2.97. The van der Waals surface area contributed by atoms with E-state index in [-0.39, 0.29) is 13.1 Å². The fourth-order valence-electron chi connectivity index (χ4n) is 2.25. The molecular weight excluding hydrogens is 369 g/mol. The van der Waals surface area contributed by atoms with Crippen molar-refractivity contribution in [2.24, 2.45) is 0 Å². The average Bonchev–Trinajstić information content (AvgIpc) is 3.10. The summed E-state index contributed by atoms with van der Waals surface area (Å²) >= 11 is 0.938. The van der Waals surface area contributed by atoms with Crippen LogP contribution >= 0.6 is 11.5 Å². The molecule has 0 radical (unpaired) electrons. The summed E-state index contributed by atoms with van der Waals surface area (Å²) in [7, 11) is 0. The normalized spacial score (nSPS) is 10.7. The Bertz CT molecular complexity index is 813. The molecule has 140 valence electrons. The molecule has 1 heterocycles. The topological polar surface area (TPSA) is 75.2 Å². The Hall–Kier alpha value is -2.49. The van der Waals surface area contributed by atoms with Gasteiger partial charge >= 0.3 is 0 Å². The molecule has 2 aromatic rings. The third-order valence-electron chi connectivity index (χ3n) is 3.51. The number of nitrogens with zero attached hydrogens (tertiary/aromatic N) is 3. The van der Waals surface area contributed by atoms with Gasteiger partial charge in [-0.25, -0.2) is 13.2 Å². The monoisotopic (exact) mass is 386 g/mol. The summed E-state index contributed by atoms with van der Waals surface area (Å²) in [5, 5.41) is 6.02. The van der Waals surface area contributed by atoms with Crippen LogP contribution in [0, 0.1) is 17.5 Å². The molecule has 0 unspecified atom stereocenters. The van der Waals surface area contributed by atoms with Gasteiger partial charge in [-0.1, -0.05) is 18.3 Å². The standard InChI is InChI=1S/C16H17F3N4O2S/c1-3-7-23(16(25)15-10(4-2)21-22-26-15)8-12(24)20-11-6-5-9(17)13(18)14(11)19/h5-6H,3-4,7-8H2,1-2H3,(H,20,24). The average molecular weight is 386 g/mol. The highest BCUT2D eigenvalue weighted by atomic mass is 32.1. The molecule has 6 nitrogen and oxygen atoms in total. The van der Waals surface area contributed by atoms with E-state index in [9.17, 15) is 22.8 Å². The first-order valence-electron chi connectivity index (χ1n) is 7.92. The number of halogens is 3. The number of carbonyl (C=O) groups is 2. The van der Waals surface area contributed by atoms with Crippen LogP contribution in [0.5, 0.6) is 0 Å². The van der Waals surface area contributed by atoms with Crippen molar-refractivity contribution in [3.8, 4) is 0 Å². The van der Waals surface area contributed by atoms with Crippen molar-refractivity contribution in [1.82, 2.24) is 14.5 Å². The summed E-state index contributed by atoms with van der Waals surface area (Å²) in [5.41, 5.74) is 0.0414. The van der Waals surface area contributed by atoms with Crippen molar-refractivity contribution in [3.05, 3.63) is 40.2 Å². The fraction of sp³-hybridized carbons (Fsp3) is 0.375. The van der Waals surface area contributed by atoms with Crippen LogP contribution in [0.3, 0.4) is 0 Å². The van der Waals surface area contributed by atoms with Crippen molar-refractivity contribution in [2.45, 2.75) is 26.7 Å². The molecule has 0 saturated heterocycles. The number of hydrogen-bond donors (Lipinski definition) is 1. The minimum atomic E-state index is -1.67. The Morgan fingerprint density at radius 2 is 1.92 bits per heavy atom. The van der Waals surface area contributed by atoms with E-state index in [4.69, 9.17) is 0 Å². The molecule has 26 heavy (non-hydrogen) atoms. The van der Waals surface area contributed by atoms with Crippen molar-refractivity contribution in [1.29, 1.82) is 0 Å².